The van der Waals surface area contributed by atoms with Crippen LogP contribution in [0, 0.1) is 23.2 Å². The van der Waals surface area contributed by atoms with Gasteiger partial charge in [0.15, 0.2) is 12.6 Å². The molecule has 8 heteroatoms. The Morgan fingerprint density at radius 1 is 1.17 bits per heavy atom. The van der Waals surface area contributed by atoms with Gasteiger partial charge in [0, 0.05) is 24.5 Å². The molecule has 1 saturated carbocycles. The van der Waals surface area contributed by atoms with Crippen molar-refractivity contribution >= 4 is 18.5 Å². The summed E-state index contributed by atoms with van der Waals surface area (Å²) in [6.45, 7) is 0.168. The van der Waals surface area contributed by atoms with Crippen molar-refractivity contribution in [2.75, 3.05) is 20.8 Å². The Labute approximate surface area is 168 Å². The number of fused-ring (bicyclic) bond motifs is 3. The van der Waals surface area contributed by atoms with Gasteiger partial charge in [-0.05, 0) is 6.42 Å². The topological polar surface area (TPSA) is 97.4 Å². The van der Waals surface area contributed by atoms with Gasteiger partial charge in [-0.25, -0.2) is 0 Å². The van der Waals surface area contributed by atoms with E-state index in [2.05, 4.69) is 0 Å². The van der Waals surface area contributed by atoms with Crippen LogP contribution in [-0.4, -0.2) is 57.9 Å². The van der Waals surface area contributed by atoms with Gasteiger partial charge in [-0.1, -0.05) is 30.3 Å². The van der Waals surface area contributed by atoms with Gasteiger partial charge in [-0.2, -0.15) is 0 Å². The Hall–Kier alpha value is -2.13. The summed E-state index contributed by atoms with van der Waals surface area (Å²) >= 11 is 0. The Morgan fingerprint density at radius 2 is 1.93 bits per heavy atom. The molecule has 156 valence electrons. The molecule has 1 aromatic carbocycles. The highest BCUT2D eigenvalue weighted by Gasteiger charge is 2.69. The number of hydrogen-bond donors (Lipinski definition) is 0. The summed E-state index contributed by atoms with van der Waals surface area (Å²) in [6, 6.07) is 9.33. The first kappa shape index (κ1) is 20.2. The lowest BCUT2D eigenvalue weighted by Gasteiger charge is -2.53. The zero-order chi connectivity index (χ0) is 20.6. The average Bonchev–Trinajstić information content (AvgIpc) is 3.14. The number of benzene rings is 1. The lowest BCUT2D eigenvalue weighted by Crippen LogP contribution is -2.65. The van der Waals surface area contributed by atoms with Gasteiger partial charge in [-0.15, -0.1) is 0 Å². The summed E-state index contributed by atoms with van der Waals surface area (Å²) in [5.74, 6) is -2.64. The maximum absolute atomic E-state index is 12.6. The van der Waals surface area contributed by atoms with Crippen LogP contribution in [-0.2, 0) is 38.1 Å². The second-order valence-corrected chi connectivity index (χ2v) is 7.66. The smallest absolute Gasteiger partial charge is 0.309 e. The van der Waals surface area contributed by atoms with Crippen LogP contribution in [0.25, 0.3) is 0 Å². The van der Waals surface area contributed by atoms with Gasteiger partial charge in [0.1, 0.15) is 24.8 Å². The van der Waals surface area contributed by atoms with Crippen LogP contribution in [0.15, 0.2) is 30.3 Å². The molecule has 0 radical (unpaired) electrons. The summed E-state index contributed by atoms with van der Waals surface area (Å²) in [7, 11) is 2.73. The molecule has 1 aromatic rings. The first-order chi connectivity index (χ1) is 14.1. The largest absolute Gasteiger partial charge is 0.469 e. The molecule has 0 spiro atoms. The zero-order valence-electron chi connectivity index (χ0n) is 16.3. The van der Waals surface area contributed by atoms with Gasteiger partial charge < -0.3 is 33.3 Å². The summed E-state index contributed by atoms with van der Waals surface area (Å²) in [4.78, 5) is 37.1. The van der Waals surface area contributed by atoms with E-state index in [-0.39, 0.29) is 13.0 Å². The van der Waals surface area contributed by atoms with Crippen molar-refractivity contribution in [3.05, 3.63) is 35.9 Å². The molecule has 4 rings (SSSR count). The predicted octanol–water partition coefficient (Wildman–Crippen LogP) is 1.28. The van der Waals surface area contributed by atoms with Gasteiger partial charge in [-0.3, -0.25) is 4.79 Å². The van der Waals surface area contributed by atoms with E-state index in [4.69, 9.17) is 23.7 Å². The summed E-state index contributed by atoms with van der Waals surface area (Å²) in [5.41, 5.74) is -0.483. The maximum atomic E-state index is 12.6. The Balaban J connectivity index is 1.76. The highest BCUT2D eigenvalue weighted by Crippen LogP contribution is 2.59. The van der Waals surface area contributed by atoms with Crippen molar-refractivity contribution in [2.45, 2.75) is 31.2 Å². The number of methoxy groups -OCH3 is 2. The molecule has 3 aliphatic rings. The third-order valence-electron chi connectivity index (χ3n) is 6.45. The third kappa shape index (κ3) is 3.02. The minimum atomic E-state index is -1.28. The van der Waals surface area contributed by atoms with Crippen LogP contribution in [0.5, 0.6) is 0 Å². The number of aldehydes is 2. The lowest BCUT2D eigenvalue weighted by atomic mass is 9.64. The molecule has 0 amide bonds. The summed E-state index contributed by atoms with van der Waals surface area (Å²) in [5, 5.41) is 0. The molecule has 8 atom stereocenters. The molecule has 8 nitrogen and oxygen atoms in total. The van der Waals surface area contributed by atoms with E-state index in [9.17, 15) is 14.4 Å². The second-order valence-electron chi connectivity index (χ2n) is 7.66. The minimum Gasteiger partial charge on any atom is -0.469 e. The van der Waals surface area contributed by atoms with Crippen LogP contribution in [0.1, 0.15) is 18.3 Å². The molecular formula is C21H24O8. The fraction of sp³-hybridized carbons (Fsp3) is 0.571. The number of carbonyl (C=O) groups excluding carboxylic acids is 3. The van der Waals surface area contributed by atoms with Crippen molar-refractivity contribution in [3.8, 4) is 0 Å². The van der Waals surface area contributed by atoms with E-state index >= 15 is 0 Å². The minimum absolute atomic E-state index is 0.168. The van der Waals surface area contributed by atoms with Crippen LogP contribution in [0.3, 0.4) is 0 Å². The fourth-order valence-corrected chi connectivity index (χ4v) is 5.17. The molecule has 2 saturated heterocycles. The molecule has 2 heterocycles. The van der Waals surface area contributed by atoms with Crippen molar-refractivity contribution in [3.63, 3.8) is 0 Å². The molecular weight excluding hydrogens is 380 g/mol. The van der Waals surface area contributed by atoms with Crippen molar-refractivity contribution in [2.24, 2.45) is 23.2 Å². The maximum Gasteiger partial charge on any atom is 0.309 e. The van der Waals surface area contributed by atoms with E-state index in [1.165, 1.54) is 14.2 Å². The number of rotatable bonds is 5. The molecule has 0 unspecified atom stereocenters. The second kappa shape index (κ2) is 7.95. The molecule has 3 fully saturated rings. The quantitative estimate of drug-likeness (QED) is 0.535. The highest BCUT2D eigenvalue weighted by atomic mass is 16.7. The molecule has 0 aromatic heterocycles. The number of ether oxygens (including phenoxy) is 5. The van der Waals surface area contributed by atoms with Crippen LogP contribution in [0.2, 0.25) is 0 Å². The van der Waals surface area contributed by atoms with Crippen LogP contribution in [0.4, 0.5) is 0 Å². The third-order valence-corrected chi connectivity index (χ3v) is 6.45. The van der Waals surface area contributed by atoms with Crippen molar-refractivity contribution in [1.29, 1.82) is 0 Å². The van der Waals surface area contributed by atoms with E-state index in [0.717, 1.165) is 18.1 Å². The molecule has 0 N–H and O–H groups in total. The zero-order valence-corrected chi connectivity index (χ0v) is 16.3. The summed E-state index contributed by atoms with van der Waals surface area (Å²) in [6.07, 6.45) is -1.29. The molecule has 0 bridgehead atoms. The number of hydrogen-bond acceptors (Lipinski definition) is 8. The van der Waals surface area contributed by atoms with Gasteiger partial charge in [0.2, 0.25) is 0 Å². The molecule has 29 heavy (non-hydrogen) atoms. The lowest BCUT2D eigenvalue weighted by molar-refractivity contribution is -0.356. The van der Waals surface area contributed by atoms with Crippen molar-refractivity contribution < 1.29 is 38.1 Å². The number of esters is 1. The van der Waals surface area contributed by atoms with E-state index in [1.807, 2.05) is 30.3 Å². The van der Waals surface area contributed by atoms with Crippen LogP contribution < -0.4 is 0 Å². The first-order valence-corrected chi connectivity index (χ1v) is 9.60. The summed E-state index contributed by atoms with van der Waals surface area (Å²) < 4.78 is 28.5. The van der Waals surface area contributed by atoms with Crippen LogP contribution >= 0.6 is 0 Å². The van der Waals surface area contributed by atoms with E-state index in [0.29, 0.717) is 0 Å². The predicted molar refractivity (Wildman–Crippen MR) is 97.3 cm³/mol. The average molecular weight is 404 g/mol. The SMILES string of the molecule is COC(=O)[C@H]1C[C@@H](C=O)[C@]2(C=O)[C@H]1[C@@H](OC)O[C@@H]1CO[C@@H](c3ccccc3)O[C@H]12. The van der Waals surface area contributed by atoms with Gasteiger partial charge in [0.05, 0.1) is 25.0 Å². The Kier molecular flexibility index (Phi) is 5.52. The fourth-order valence-electron chi connectivity index (χ4n) is 5.17. The van der Waals surface area contributed by atoms with Gasteiger partial charge >= 0.3 is 5.97 Å². The number of carbonyl (C=O) groups is 3. The molecule has 1 aliphatic carbocycles. The molecule has 2 aliphatic heterocycles. The normalized spacial score (nSPS) is 41.1. The van der Waals surface area contributed by atoms with E-state index in [1.54, 1.807) is 0 Å². The Morgan fingerprint density at radius 3 is 2.55 bits per heavy atom. The Bertz CT molecular complexity index is 767. The standard InChI is InChI=1S/C21H24O8/c1-25-18(24)14-8-13(9-22)21(11-23)16(14)20(26-2)28-15-10-27-19(29-17(15)21)12-6-4-3-5-7-12/h3-7,9,11,13-17,19-20H,8,10H2,1-2H3/t13-,14-,15+,16+,17+,19+,20-,21+/m0/s1. The highest BCUT2D eigenvalue weighted by molar-refractivity contribution is 5.80. The van der Waals surface area contributed by atoms with Crippen molar-refractivity contribution in [1.82, 2.24) is 0 Å². The van der Waals surface area contributed by atoms with Gasteiger partial charge in [0.25, 0.3) is 0 Å². The monoisotopic (exact) mass is 404 g/mol. The first-order valence-electron chi connectivity index (χ1n) is 9.60. The van der Waals surface area contributed by atoms with E-state index < -0.39 is 53.9 Å².